The number of primary amides is 1. The van der Waals surface area contributed by atoms with E-state index in [1.54, 1.807) is 38.1 Å². The van der Waals surface area contributed by atoms with Gasteiger partial charge in [0.1, 0.15) is 67.0 Å². The van der Waals surface area contributed by atoms with Gasteiger partial charge in [-0.05, 0) is 67.1 Å². The van der Waals surface area contributed by atoms with Crippen LogP contribution in [0.1, 0.15) is 213 Å². The van der Waals surface area contributed by atoms with Crippen LogP contribution in [0.2, 0.25) is 0 Å². The second-order valence-corrected chi connectivity index (χ2v) is 33.1. The number of aromatic hydroxyl groups is 1. The minimum absolute atomic E-state index is 0.0249. The Labute approximate surface area is 592 Å². The van der Waals surface area contributed by atoms with Crippen molar-refractivity contribution in [3.8, 4) is 5.88 Å². The lowest BCUT2D eigenvalue weighted by molar-refractivity contribution is -0.151. The number of aromatic nitrogens is 8. The summed E-state index contributed by atoms with van der Waals surface area (Å²) < 4.78 is 91.8. The summed E-state index contributed by atoms with van der Waals surface area (Å²) in [5.41, 5.74) is 12.8. The van der Waals surface area contributed by atoms with E-state index in [4.69, 9.17) is 43.8 Å². The average molecular weight is 1480 g/mol. The van der Waals surface area contributed by atoms with E-state index in [0.29, 0.717) is 24.1 Å². The first kappa shape index (κ1) is 79.6. The molecule has 0 saturated carbocycles. The highest BCUT2D eigenvalue weighted by atomic mass is 32.7. The maximum Gasteiger partial charge on any atom is 0.389 e. The van der Waals surface area contributed by atoms with E-state index in [1.165, 1.54) is 105 Å². The number of fused-ring (bicyclic) bond motifs is 4. The Hall–Kier alpha value is -6.08. The molecule has 554 valence electrons. The normalized spacial score (nSPS) is 23.4. The Bertz CT molecular complexity index is 3530. The molecule has 5 aromatic rings. The summed E-state index contributed by atoms with van der Waals surface area (Å²) in [4.78, 5) is 92.1. The molecular weight excluding hydrogens is 1370 g/mol. The number of hydrogen-bond acceptors (Lipinski definition) is 23. The molecule has 100 heavy (non-hydrogen) atoms. The van der Waals surface area contributed by atoms with Crippen molar-refractivity contribution in [1.29, 1.82) is 0 Å². The Morgan fingerprint density at radius 1 is 0.720 bits per heavy atom. The molecule has 4 aromatic heterocycles. The molecule has 8 rings (SSSR count). The number of nitrogens with two attached hydrogens (primary N) is 2. The summed E-state index contributed by atoms with van der Waals surface area (Å²) in [6, 6.07) is 3.48. The van der Waals surface area contributed by atoms with Crippen molar-refractivity contribution >= 4 is 101 Å². The molecule has 1 aromatic carbocycles. The Morgan fingerprint density at radius 3 is 1.99 bits per heavy atom. The van der Waals surface area contributed by atoms with E-state index >= 15 is 8.96 Å². The number of ether oxygens (including phenoxy) is 3. The minimum Gasteiger partial charge on any atom is -0.492 e. The first-order valence-electron chi connectivity index (χ1n) is 35.3. The van der Waals surface area contributed by atoms with Crippen LogP contribution in [-0.2, 0) is 66.4 Å². The van der Waals surface area contributed by atoms with Crippen LogP contribution in [0.25, 0.3) is 22.3 Å². The van der Waals surface area contributed by atoms with Crippen LogP contribution in [0.15, 0.2) is 49.6 Å². The summed E-state index contributed by atoms with van der Waals surface area (Å²) in [6.45, 7) is -2.01. The summed E-state index contributed by atoms with van der Waals surface area (Å²) >= 11 is 4.98. The van der Waals surface area contributed by atoms with Crippen LogP contribution in [0.3, 0.4) is 0 Å². The van der Waals surface area contributed by atoms with Crippen molar-refractivity contribution < 1.29 is 74.9 Å². The number of esters is 1. The van der Waals surface area contributed by atoms with E-state index in [2.05, 4.69) is 77.3 Å². The van der Waals surface area contributed by atoms with E-state index in [1.807, 2.05) is 0 Å². The maximum atomic E-state index is 16.9. The lowest BCUT2D eigenvalue weighted by atomic mass is 10.0. The molecule has 34 heteroatoms. The predicted molar refractivity (Wildman–Crippen MR) is 379 cm³/mol. The molecular formula is C66H101FN14O15P2S2. The van der Waals surface area contributed by atoms with Gasteiger partial charge in [-0.2, -0.15) is 4.98 Å². The SMILES string of the molecule is CCCCCCCCCCCCCC(=O)OC(CCCCCCCCCCC)CC(=O)N[C@H](C(=O)N[C@@H](CCCNC(N)=O)C(=O)Nc1ccc(CSP2(=O)OC[C@H]3O[C@@H](n4cnc5c(N)ncnc54)[C@H](F)[C@@H]3OP(=O)(S)OC[C@H]3O[C@@H](n4cnc5c(O)ncnc54)C[C@@H]3O2)cc1)C(C)C. The molecule has 12 atom stereocenters. The number of nitrogens with one attached hydrogen (secondary N) is 4. The summed E-state index contributed by atoms with van der Waals surface area (Å²) in [7, 11) is 0. The van der Waals surface area contributed by atoms with E-state index in [0.717, 1.165) is 62.7 Å². The fourth-order valence-electron chi connectivity index (χ4n) is 12.4. The highest BCUT2D eigenvalue weighted by Crippen LogP contribution is 2.65. The van der Waals surface area contributed by atoms with Gasteiger partial charge in [-0.1, -0.05) is 168 Å². The van der Waals surface area contributed by atoms with Gasteiger partial charge in [0.05, 0.1) is 32.3 Å². The molecule has 29 nitrogen and oxygen atoms in total. The number of thiol groups is 1. The number of carbonyl (C=O) groups is 5. The summed E-state index contributed by atoms with van der Waals surface area (Å²) in [5.74, 6) is -2.87. The third kappa shape index (κ3) is 24.3. The number of hydrogen-bond donors (Lipinski definition) is 8. The van der Waals surface area contributed by atoms with E-state index in [-0.39, 0.29) is 84.4 Å². The number of halogens is 1. The van der Waals surface area contributed by atoms with Gasteiger partial charge in [0.15, 0.2) is 35.0 Å². The fraction of sp³-hybridized carbons (Fsp3) is 0.682. The number of nitrogens with zero attached hydrogens (tertiary/aromatic N) is 8. The topological polar surface area (TPSA) is 392 Å². The van der Waals surface area contributed by atoms with Gasteiger partial charge in [0, 0.05) is 30.8 Å². The molecule has 3 fully saturated rings. The molecule has 0 radical (unpaired) electrons. The Balaban J connectivity index is 0.916. The second kappa shape index (κ2) is 40.1. The first-order valence-corrected chi connectivity index (χ1v) is 41.2. The first-order chi connectivity index (χ1) is 48.1. The predicted octanol–water partition coefficient (Wildman–Crippen LogP) is 12.3. The number of benzene rings is 1. The molecule has 9 N–H and O–H groups in total. The van der Waals surface area contributed by atoms with Gasteiger partial charge >= 0.3 is 25.6 Å². The molecule has 0 spiro atoms. The molecule has 5 amide bonds. The maximum absolute atomic E-state index is 16.9. The van der Waals surface area contributed by atoms with Crippen molar-refractivity contribution in [1.82, 2.24) is 55.0 Å². The number of carbonyl (C=O) groups excluding carboxylic acids is 5. The number of alkyl halides is 1. The van der Waals surface area contributed by atoms with Crippen molar-refractivity contribution in [2.45, 2.75) is 262 Å². The Morgan fingerprint density at radius 2 is 1.33 bits per heavy atom. The zero-order valence-corrected chi connectivity index (χ0v) is 61.2. The number of unbranched alkanes of at least 4 members (excludes halogenated alkanes) is 18. The van der Waals surface area contributed by atoms with Crippen LogP contribution in [-0.4, -0.2) is 142 Å². The van der Waals surface area contributed by atoms with Gasteiger partial charge in [-0.25, -0.2) is 43.2 Å². The average Bonchev–Trinajstić information content (AvgIpc) is 1.62. The molecule has 0 bridgehead atoms. The lowest BCUT2D eigenvalue weighted by Crippen LogP contribution is -2.55. The monoisotopic (exact) mass is 1470 g/mol. The minimum atomic E-state index is -4.46. The molecule has 3 aliphatic rings. The third-order valence-electron chi connectivity index (χ3n) is 17.9. The van der Waals surface area contributed by atoms with Gasteiger partial charge in [0.25, 0.3) is 0 Å². The molecule has 3 unspecified atom stereocenters. The molecule has 0 aliphatic carbocycles. The molecule has 3 aliphatic heterocycles. The van der Waals surface area contributed by atoms with Crippen LogP contribution in [0.5, 0.6) is 5.88 Å². The zero-order valence-electron chi connectivity index (χ0n) is 57.7. The lowest BCUT2D eigenvalue weighted by Gasteiger charge is -2.29. The van der Waals surface area contributed by atoms with Crippen LogP contribution >= 0.6 is 37.2 Å². The van der Waals surface area contributed by atoms with E-state index < -0.39 is 118 Å². The number of anilines is 2. The molecule has 3 saturated heterocycles. The van der Waals surface area contributed by atoms with Gasteiger partial charge in [-0.15, -0.1) is 0 Å². The van der Waals surface area contributed by atoms with Crippen molar-refractivity contribution in [3.05, 3.63) is 55.1 Å². The Kier molecular flexibility index (Phi) is 31.9. The number of amides is 5. The van der Waals surface area contributed by atoms with Crippen molar-refractivity contribution in [3.63, 3.8) is 0 Å². The van der Waals surface area contributed by atoms with Crippen molar-refractivity contribution in [2.75, 3.05) is 30.8 Å². The zero-order chi connectivity index (χ0) is 71.6. The second-order valence-electron chi connectivity index (χ2n) is 26.2. The highest BCUT2D eigenvalue weighted by Gasteiger charge is 2.53. The fourth-order valence-corrected chi connectivity index (χ4v) is 17.3. The van der Waals surface area contributed by atoms with Crippen LogP contribution in [0, 0.1) is 5.92 Å². The number of imidazole rings is 2. The van der Waals surface area contributed by atoms with Crippen LogP contribution < -0.4 is 32.7 Å². The number of urea groups is 1. The molecule has 7 heterocycles. The third-order valence-corrected chi connectivity index (χ3v) is 23.2. The van der Waals surface area contributed by atoms with Crippen LogP contribution in [0.4, 0.5) is 20.7 Å². The standard InChI is InChI=1S/C66H101FN14O15P2S2/c1-5-7-9-11-13-15-16-18-20-22-24-28-53(83)92-46(26-23-21-19-17-14-12-10-8-6-2)34-51(82)79-55(43(3)4)64(86)78-47(27-25-33-70-66(69)87)62(84)77-45-31-29-44(30-32-45)38-100-98(89)91-37-50-58(54(67)65(94-50)81-42-75-56-59(68)71-39-72-60(56)81)96-97(88,99)90-36-49-48(95-98)35-52(93-49)80-41-76-57-61(80)73-40-74-63(57)85/h29-32,39-43,46-50,52,54-55,58,65H,5-28,33-38H2,1-4H3,(H,77,84)(H,78,86)(H,79,82)(H,88,99)(H2,68,71,72)(H3,69,70,87)(H,73,74,85)/t46?,47-,48-,49+,50+,52+,54+,55-,58+,65+,97?,98?/m0/s1. The number of nitrogen functional groups attached to an aromatic ring is 1. The summed E-state index contributed by atoms with van der Waals surface area (Å²) in [6.07, 6.45) is 17.8. The quantitative estimate of drug-likeness (QED) is 0.00781. The largest absolute Gasteiger partial charge is 0.492 e. The van der Waals surface area contributed by atoms with Gasteiger partial charge in [0.2, 0.25) is 23.6 Å². The number of rotatable bonds is 40. The smallest absolute Gasteiger partial charge is 0.389 e. The van der Waals surface area contributed by atoms with Crippen molar-refractivity contribution in [2.24, 2.45) is 11.7 Å². The van der Waals surface area contributed by atoms with Gasteiger partial charge < -0.3 is 52.1 Å². The highest BCUT2D eigenvalue weighted by molar-refractivity contribution is 8.54. The summed E-state index contributed by atoms with van der Waals surface area (Å²) in [5, 5.41) is 21.5. The van der Waals surface area contributed by atoms with Gasteiger partial charge in [-0.3, -0.25) is 46.4 Å². The van der Waals surface area contributed by atoms with E-state index in [9.17, 15) is 33.6 Å².